The molecule has 2 aromatic rings. The number of nitrogens with zero attached hydrogens (tertiary/aromatic N) is 3. The van der Waals surface area contributed by atoms with E-state index in [1.807, 2.05) is 17.5 Å². The van der Waals surface area contributed by atoms with Crippen molar-refractivity contribution < 1.29 is 0 Å². The third-order valence-corrected chi connectivity index (χ3v) is 4.48. The summed E-state index contributed by atoms with van der Waals surface area (Å²) in [6, 6.07) is 3.79. The van der Waals surface area contributed by atoms with Gasteiger partial charge in [0.2, 0.25) is 5.95 Å². The van der Waals surface area contributed by atoms with Crippen LogP contribution in [0.15, 0.2) is 22.3 Å². The summed E-state index contributed by atoms with van der Waals surface area (Å²) < 4.78 is 0. The predicted octanol–water partition coefficient (Wildman–Crippen LogP) is 2.38. The van der Waals surface area contributed by atoms with Crippen LogP contribution in [0.2, 0.25) is 0 Å². The second-order valence-corrected chi connectivity index (χ2v) is 6.60. The number of thiophene rings is 1. The summed E-state index contributed by atoms with van der Waals surface area (Å²) in [6.45, 7) is 6.31. The average Bonchev–Trinajstić information content (AvgIpc) is 2.91. The normalized spacial score (nSPS) is 23.0. The number of anilines is 1. The van der Waals surface area contributed by atoms with Gasteiger partial charge in [0, 0.05) is 13.1 Å². The molecule has 0 amide bonds. The van der Waals surface area contributed by atoms with Crippen molar-refractivity contribution in [3.05, 3.63) is 27.9 Å². The quantitative estimate of drug-likeness (QED) is 0.922. The Labute approximate surface area is 121 Å². The second-order valence-electron chi connectivity index (χ2n) is 5.65. The number of aromatic nitrogens is 3. The molecule has 1 aliphatic rings. The molecule has 0 saturated carbocycles. The topological polar surface area (TPSA) is 61.9 Å². The minimum Gasteiger partial charge on any atom is -0.341 e. The van der Waals surface area contributed by atoms with Gasteiger partial charge in [0.25, 0.3) is 5.56 Å². The highest BCUT2D eigenvalue weighted by atomic mass is 32.1. The van der Waals surface area contributed by atoms with Crippen LogP contribution in [0.3, 0.4) is 0 Å². The Morgan fingerprint density at radius 2 is 2.05 bits per heavy atom. The maximum absolute atomic E-state index is 12.2. The number of H-pyrrole nitrogens is 1. The van der Waals surface area contributed by atoms with Gasteiger partial charge in [-0.25, -0.2) is 0 Å². The highest BCUT2D eigenvalue weighted by Crippen LogP contribution is 2.24. The number of rotatable bonds is 2. The molecule has 2 aromatic heterocycles. The van der Waals surface area contributed by atoms with Gasteiger partial charge in [0.1, 0.15) is 0 Å². The largest absolute Gasteiger partial charge is 0.341 e. The van der Waals surface area contributed by atoms with E-state index in [2.05, 4.69) is 33.9 Å². The minimum atomic E-state index is -0.164. The molecular weight excluding hydrogens is 272 g/mol. The van der Waals surface area contributed by atoms with Gasteiger partial charge < -0.3 is 4.90 Å². The Morgan fingerprint density at radius 1 is 1.30 bits per heavy atom. The maximum atomic E-state index is 12.2. The standard InChI is InChI=1S/C14H18N4OS/c1-9-6-10(2)8-18(7-9)14-15-13(19)12(16-17-14)11-4-3-5-20-11/h3-5,9-10H,6-8H2,1-2H3,(H,15,17,19). The summed E-state index contributed by atoms with van der Waals surface area (Å²) in [4.78, 5) is 18.0. The molecule has 5 nitrogen and oxygen atoms in total. The first kappa shape index (κ1) is 13.3. The van der Waals surface area contributed by atoms with E-state index < -0.39 is 0 Å². The van der Waals surface area contributed by atoms with E-state index in [4.69, 9.17) is 0 Å². The molecule has 1 fully saturated rings. The first-order chi connectivity index (χ1) is 9.63. The van der Waals surface area contributed by atoms with Crippen LogP contribution in [0.5, 0.6) is 0 Å². The van der Waals surface area contributed by atoms with E-state index in [0.717, 1.165) is 18.0 Å². The molecule has 1 aliphatic heterocycles. The summed E-state index contributed by atoms with van der Waals surface area (Å²) in [7, 11) is 0. The highest BCUT2D eigenvalue weighted by molar-refractivity contribution is 7.13. The molecule has 1 N–H and O–H groups in total. The lowest BCUT2D eigenvalue weighted by atomic mass is 9.92. The van der Waals surface area contributed by atoms with Crippen molar-refractivity contribution in [2.24, 2.45) is 11.8 Å². The lowest BCUT2D eigenvalue weighted by Crippen LogP contribution is -2.40. The average molecular weight is 290 g/mol. The number of hydrogen-bond donors (Lipinski definition) is 1. The van der Waals surface area contributed by atoms with Gasteiger partial charge in [0.05, 0.1) is 4.88 Å². The monoisotopic (exact) mass is 290 g/mol. The molecule has 2 atom stereocenters. The first-order valence-electron chi connectivity index (χ1n) is 6.89. The molecule has 3 heterocycles. The molecule has 0 radical (unpaired) electrons. The maximum Gasteiger partial charge on any atom is 0.280 e. The van der Waals surface area contributed by atoms with Crippen molar-refractivity contribution in [2.45, 2.75) is 20.3 Å². The van der Waals surface area contributed by atoms with Crippen molar-refractivity contribution in [3.8, 4) is 10.6 Å². The van der Waals surface area contributed by atoms with Crippen LogP contribution in [0.1, 0.15) is 20.3 Å². The van der Waals surface area contributed by atoms with E-state index in [1.54, 1.807) is 0 Å². The van der Waals surface area contributed by atoms with Gasteiger partial charge in [-0.1, -0.05) is 19.9 Å². The van der Waals surface area contributed by atoms with Crippen molar-refractivity contribution in [1.29, 1.82) is 0 Å². The van der Waals surface area contributed by atoms with Crippen LogP contribution in [-0.2, 0) is 0 Å². The van der Waals surface area contributed by atoms with Gasteiger partial charge >= 0.3 is 0 Å². The minimum absolute atomic E-state index is 0.164. The fourth-order valence-electron chi connectivity index (χ4n) is 2.88. The second kappa shape index (κ2) is 5.36. The van der Waals surface area contributed by atoms with Gasteiger partial charge in [-0.2, -0.15) is 0 Å². The van der Waals surface area contributed by atoms with Crippen LogP contribution >= 0.6 is 11.3 Å². The molecule has 0 aromatic carbocycles. The van der Waals surface area contributed by atoms with E-state index in [0.29, 0.717) is 23.5 Å². The van der Waals surface area contributed by atoms with Crippen LogP contribution in [0, 0.1) is 11.8 Å². The van der Waals surface area contributed by atoms with Crippen LogP contribution in [0.25, 0.3) is 10.6 Å². The molecule has 3 rings (SSSR count). The molecule has 20 heavy (non-hydrogen) atoms. The molecule has 0 bridgehead atoms. The van der Waals surface area contributed by atoms with E-state index in [9.17, 15) is 4.79 Å². The van der Waals surface area contributed by atoms with E-state index >= 15 is 0 Å². The molecule has 2 unspecified atom stereocenters. The summed E-state index contributed by atoms with van der Waals surface area (Å²) in [5, 5.41) is 10.3. The van der Waals surface area contributed by atoms with Gasteiger partial charge in [0.15, 0.2) is 5.69 Å². The SMILES string of the molecule is CC1CC(C)CN(c2nnc(-c3cccs3)c(=O)[nH]2)C1. The zero-order chi connectivity index (χ0) is 14.1. The van der Waals surface area contributed by atoms with Gasteiger partial charge in [-0.3, -0.25) is 9.78 Å². The smallest absolute Gasteiger partial charge is 0.280 e. The Bertz CT molecular complexity index is 627. The zero-order valence-electron chi connectivity index (χ0n) is 11.7. The van der Waals surface area contributed by atoms with Crippen LogP contribution < -0.4 is 10.5 Å². The van der Waals surface area contributed by atoms with E-state index in [1.165, 1.54) is 17.8 Å². The van der Waals surface area contributed by atoms with Crippen molar-refractivity contribution in [2.75, 3.05) is 18.0 Å². The fourth-order valence-corrected chi connectivity index (χ4v) is 3.59. The summed E-state index contributed by atoms with van der Waals surface area (Å²) in [5.74, 6) is 1.82. The Kier molecular flexibility index (Phi) is 3.56. The lowest BCUT2D eigenvalue weighted by molar-refractivity contribution is 0.353. The predicted molar refractivity (Wildman–Crippen MR) is 81.1 cm³/mol. The van der Waals surface area contributed by atoms with Gasteiger partial charge in [-0.15, -0.1) is 21.5 Å². The zero-order valence-corrected chi connectivity index (χ0v) is 12.5. The number of hydrogen-bond acceptors (Lipinski definition) is 5. The molecule has 0 spiro atoms. The number of piperidine rings is 1. The highest BCUT2D eigenvalue weighted by Gasteiger charge is 2.24. The third kappa shape index (κ3) is 2.60. The summed E-state index contributed by atoms with van der Waals surface area (Å²) in [5.41, 5.74) is 0.241. The summed E-state index contributed by atoms with van der Waals surface area (Å²) in [6.07, 6.45) is 1.22. The lowest BCUT2D eigenvalue weighted by Gasteiger charge is -2.34. The van der Waals surface area contributed by atoms with Crippen molar-refractivity contribution in [1.82, 2.24) is 15.2 Å². The van der Waals surface area contributed by atoms with Crippen molar-refractivity contribution in [3.63, 3.8) is 0 Å². The van der Waals surface area contributed by atoms with Crippen molar-refractivity contribution >= 4 is 17.3 Å². The third-order valence-electron chi connectivity index (χ3n) is 3.61. The van der Waals surface area contributed by atoms with E-state index in [-0.39, 0.29) is 5.56 Å². The number of aromatic amines is 1. The van der Waals surface area contributed by atoms with Crippen LogP contribution in [0.4, 0.5) is 5.95 Å². The molecular formula is C14H18N4OS. The van der Waals surface area contributed by atoms with Gasteiger partial charge in [-0.05, 0) is 29.7 Å². The Hall–Kier alpha value is -1.69. The Balaban J connectivity index is 1.89. The molecule has 0 aliphatic carbocycles. The fraction of sp³-hybridized carbons (Fsp3) is 0.500. The molecule has 1 saturated heterocycles. The molecule has 106 valence electrons. The molecule has 6 heteroatoms. The first-order valence-corrected chi connectivity index (χ1v) is 7.77. The van der Waals surface area contributed by atoms with Crippen LogP contribution in [-0.4, -0.2) is 28.3 Å². The Morgan fingerprint density at radius 3 is 2.65 bits per heavy atom. The summed E-state index contributed by atoms with van der Waals surface area (Å²) >= 11 is 1.50. The number of nitrogens with one attached hydrogen (secondary N) is 1.